The summed E-state index contributed by atoms with van der Waals surface area (Å²) in [4.78, 5) is 11.4. The number of benzene rings is 1. The van der Waals surface area contributed by atoms with Crippen LogP contribution >= 0.6 is 0 Å². The number of aryl methyl sites for hydroxylation is 1. The van der Waals surface area contributed by atoms with E-state index in [-0.39, 0.29) is 6.03 Å². The maximum Gasteiger partial charge on any atom is 0.319 e. The average Bonchev–Trinajstić information content (AvgIpc) is 2.39. The molecular weight excluding hydrogens is 224 g/mol. The molecule has 1 aromatic rings. The number of carbonyl (C=O) groups is 1. The summed E-state index contributed by atoms with van der Waals surface area (Å²) in [6.07, 6.45) is 5.83. The zero-order chi connectivity index (χ0) is 13.2. The Kier molecular flexibility index (Phi) is 6.92. The van der Waals surface area contributed by atoms with Crippen LogP contribution in [0.3, 0.4) is 0 Å². The topological polar surface area (TPSA) is 41.1 Å². The van der Waals surface area contributed by atoms with Crippen LogP contribution in [-0.2, 0) is 6.42 Å². The Labute approximate surface area is 110 Å². The van der Waals surface area contributed by atoms with Crippen molar-refractivity contribution in [3.8, 4) is 0 Å². The fraction of sp³-hybridized carbons (Fsp3) is 0.533. The predicted octanol–water partition coefficient (Wildman–Crippen LogP) is 3.95. The summed E-state index contributed by atoms with van der Waals surface area (Å²) in [6, 6.07) is 7.98. The fourth-order valence-corrected chi connectivity index (χ4v) is 1.75. The van der Waals surface area contributed by atoms with Crippen molar-refractivity contribution in [3.05, 3.63) is 29.8 Å². The molecule has 100 valence electrons. The molecule has 0 bridgehead atoms. The summed E-state index contributed by atoms with van der Waals surface area (Å²) in [5.41, 5.74) is 2.19. The largest absolute Gasteiger partial charge is 0.338 e. The molecule has 3 heteroatoms. The molecule has 0 aromatic heterocycles. The van der Waals surface area contributed by atoms with Crippen LogP contribution in [0.4, 0.5) is 10.5 Å². The molecule has 0 saturated carbocycles. The lowest BCUT2D eigenvalue weighted by Gasteiger charge is -2.07. The van der Waals surface area contributed by atoms with Gasteiger partial charge in [0.15, 0.2) is 0 Å². The van der Waals surface area contributed by atoms with Gasteiger partial charge in [0.05, 0.1) is 0 Å². The normalized spacial score (nSPS) is 10.1. The van der Waals surface area contributed by atoms with E-state index in [9.17, 15) is 4.79 Å². The lowest BCUT2D eigenvalue weighted by molar-refractivity contribution is 0.252. The summed E-state index contributed by atoms with van der Waals surface area (Å²) >= 11 is 0. The summed E-state index contributed by atoms with van der Waals surface area (Å²) in [5.74, 6) is 0. The van der Waals surface area contributed by atoms with Gasteiger partial charge < -0.3 is 10.6 Å². The zero-order valence-electron chi connectivity index (χ0n) is 11.5. The highest BCUT2D eigenvalue weighted by atomic mass is 16.2. The third-order valence-corrected chi connectivity index (χ3v) is 2.82. The molecule has 0 radical (unpaired) electrons. The van der Waals surface area contributed by atoms with E-state index < -0.39 is 0 Å². The number of anilines is 1. The summed E-state index contributed by atoms with van der Waals surface area (Å²) in [5, 5.41) is 5.61. The number of hydrogen-bond donors (Lipinski definition) is 2. The number of nitrogens with one attached hydrogen (secondary N) is 2. The monoisotopic (exact) mass is 248 g/mol. The van der Waals surface area contributed by atoms with E-state index in [0.717, 1.165) is 18.5 Å². The molecule has 1 rings (SSSR count). The lowest BCUT2D eigenvalue weighted by atomic mass is 10.1. The molecule has 0 aliphatic heterocycles. The first kappa shape index (κ1) is 14.6. The van der Waals surface area contributed by atoms with Crippen molar-refractivity contribution < 1.29 is 4.79 Å². The Hall–Kier alpha value is -1.51. The van der Waals surface area contributed by atoms with Crippen LogP contribution in [0, 0.1) is 0 Å². The van der Waals surface area contributed by atoms with Crippen molar-refractivity contribution in [1.29, 1.82) is 0 Å². The van der Waals surface area contributed by atoms with Gasteiger partial charge in [-0.2, -0.15) is 0 Å². The minimum atomic E-state index is -0.129. The van der Waals surface area contributed by atoms with Crippen LogP contribution < -0.4 is 10.6 Å². The SMILES string of the molecule is CCCCCc1ccc(NC(=O)NCCC)cc1. The van der Waals surface area contributed by atoms with Gasteiger partial charge in [0.1, 0.15) is 0 Å². The first-order valence-corrected chi connectivity index (χ1v) is 6.90. The lowest BCUT2D eigenvalue weighted by Crippen LogP contribution is -2.29. The van der Waals surface area contributed by atoms with Gasteiger partial charge in [-0.15, -0.1) is 0 Å². The molecule has 0 saturated heterocycles. The first-order valence-electron chi connectivity index (χ1n) is 6.90. The van der Waals surface area contributed by atoms with Gasteiger partial charge in [0, 0.05) is 12.2 Å². The Bertz CT molecular complexity index is 346. The predicted molar refractivity (Wildman–Crippen MR) is 77.0 cm³/mol. The van der Waals surface area contributed by atoms with E-state index in [4.69, 9.17) is 0 Å². The average molecular weight is 248 g/mol. The smallest absolute Gasteiger partial charge is 0.319 e. The summed E-state index contributed by atoms with van der Waals surface area (Å²) in [7, 11) is 0. The second-order valence-electron chi connectivity index (χ2n) is 4.53. The van der Waals surface area contributed by atoms with Gasteiger partial charge in [-0.3, -0.25) is 0 Å². The molecule has 0 aliphatic rings. The number of hydrogen-bond acceptors (Lipinski definition) is 1. The summed E-state index contributed by atoms with van der Waals surface area (Å²) in [6.45, 7) is 4.95. The molecule has 0 fully saturated rings. The van der Waals surface area contributed by atoms with Crippen LogP contribution in [0.5, 0.6) is 0 Å². The molecule has 3 nitrogen and oxygen atoms in total. The van der Waals surface area contributed by atoms with Gasteiger partial charge in [-0.25, -0.2) is 4.79 Å². The Morgan fingerprint density at radius 2 is 1.78 bits per heavy atom. The number of rotatable bonds is 7. The Morgan fingerprint density at radius 3 is 2.39 bits per heavy atom. The van der Waals surface area contributed by atoms with Gasteiger partial charge in [-0.05, 0) is 37.0 Å². The van der Waals surface area contributed by atoms with Gasteiger partial charge in [0.2, 0.25) is 0 Å². The van der Waals surface area contributed by atoms with E-state index in [0.29, 0.717) is 6.54 Å². The summed E-state index contributed by atoms with van der Waals surface area (Å²) < 4.78 is 0. The molecule has 0 unspecified atom stereocenters. The molecular formula is C15H24N2O. The highest BCUT2D eigenvalue weighted by Gasteiger charge is 2.00. The van der Waals surface area contributed by atoms with Gasteiger partial charge in [0.25, 0.3) is 0 Å². The molecule has 0 atom stereocenters. The number of urea groups is 1. The Balaban J connectivity index is 2.37. The van der Waals surface area contributed by atoms with Crippen LogP contribution in [0.15, 0.2) is 24.3 Å². The van der Waals surface area contributed by atoms with Crippen molar-refractivity contribution in [1.82, 2.24) is 5.32 Å². The second-order valence-corrected chi connectivity index (χ2v) is 4.53. The fourth-order valence-electron chi connectivity index (χ4n) is 1.75. The molecule has 2 N–H and O–H groups in total. The minimum absolute atomic E-state index is 0.129. The van der Waals surface area contributed by atoms with Crippen molar-refractivity contribution in [2.45, 2.75) is 46.0 Å². The van der Waals surface area contributed by atoms with E-state index in [2.05, 4.69) is 29.7 Å². The van der Waals surface area contributed by atoms with Gasteiger partial charge >= 0.3 is 6.03 Å². The zero-order valence-corrected chi connectivity index (χ0v) is 11.5. The first-order chi connectivity index (χ1) is 8.76. The van der Waals surface area contributed by atoms with E-state index in [1.54, 1.807) is 0 Å². The highest BCUT2D eigenvalue weighted by Crippen LogP contribution is 2.12. The molecule has 0 spiro atoms. The highest BCUT2D eigenvalue weighted by molar-refractivity contribution is 5.89. The minimum Gasteiger partial charge on any atom is -0.338 e. The van der Waals surface area contributed by atoms with Crippen molar-refractivity contribution in [2.24, 2.45) is 0 Å². The maximum absolute atomic E-state index is 11.4. The molecule has 0 aliphatic carbocycles. The molecule has 1 aromatic carbocycles. The Morgan fingerprint density at radius 1 is 1.06 bits per heavy atom. The van der Waals surface area contributed by atoms with Crippen molar-refractivity contribution in [3.63, 3.8) is 0 Å². The van der Waals surface area contributed by atoms with Gasteiger partial charge in [-0.1, -0.05) is 38.8 Å². The van der Waals surface area contributed by atoms with Crippen LogP contribution in [-0.4, -0.2) is 12.6 Å². The van der Waals surface area contributed by atoms with Crippen molar-refractivity contribution >= 4 is 11.7 Å². The standard InChI is InChI=1S/C15H24N2O/c1-3-5-6-7-13-8-10-14(11-9-13)17-15(18)16-12-4-2/h8-11H,3-7,12H2,1-2H3,(H2,16,17,18). The molecule has 0 heterocycles. The number of carbonyl (C=O) groups excluding carboxylic acids is 1. The van der Waals surface area contributed by atoms with Crippen LogP contribution in [0.1, 0.15) is 45.1 Å². The van der Waals surface area contributed by atoms with E-state index >= 15 is 0 Å². The quantitative estimate of drug-likeness (QED) is 0.705. The van der Waals surface area contributed by atoms with Crippen molar-refractivity contribution in [2.75, 3.05) is 11.9 Å². The number of unbranched alkanes of at least 4 members (excludes halogenated alkanes) is 2. The van der Waals surface area contributed by atoms with E-state index in [1.807, 2.05) is 19.1 Å². The third-order valence-electron chi connectivity index (χ3n) is 2.82. The van der Waals surface area contributed by atoms with E-state index in [1.165, 1.54) is 24.8 Å². The van der Waals surface area contributed by atoms with Crippen LogP contribution in [0.25, 0.3) is 0 Å². The maximum atomic E-state index is 11.4. The molecule has 2 amide bonds. The second kappa shape index (κ2) is 8.56. The van der Waals surface area contributed by atoms with Crippen LogP contribution in [0.2, 0.25) is 0 Å². The number of amides is 2. The third kappa shape index (κ3) is 5.71. The molecule has 18 heavy (non-hydrogen) atoms.